The molecule has 1 aromatic rings. The zero-order valence-electron chi connectivity index (χ0n) is 18.1. The fourth-order valence-corrected chi connectivity index (χ4v) is 3.45. The molecule has 0 radical (unpaired) electrons. The lowest BCUT2D eigenvalue weighted by molar-refractivity contribution is 0.119. The maximum atomic E-state index is 4.94. The molecule has 7 nitrogen and oxygen atoms in total. The average molecular weight is 491 g/mol. The molecular weight excluding hydrogens is 453 g/mol. The van der Waals surface area contributed by atoms with Crippen LogP contribution in [-0.4, -0.2) is 90.3 Å². The first-order valence-electron chi connectivity index (χ1n) is 9.72. The van der Waals surface area contributed by atoms with Crippen LogP contribution in [0.15, 0.2) is 11.2 Å². The smallest absolute Gasteiger partial charge is 0.194 e. The largest absolute Gasteiger partial charge is 0.357 e. The molecule has 1 aliphatic heterocycles. The topological polar surface area (TPSA) is 51.9 Å². The molecule has 1 aromatic heterocycles. The van der Waals surface area contributed by atoms with E-state index in [4.69, 9.17) is 4.99 Å². The number of hydrogen-bond donors (Lipinski definition) is 1. The van der Waals surface area contributed by atoms with Crippen LogP contribution in [0.25, 0.3) is 0 Å². The van der Waals surface area contributed by atoms with Crippen LogP contribution >= 0.6 is 24.0 Å². The first kappa shape index (κ1) is 24.2. The number of likely N-dealkylation sites (N-methyl/N-ethyl adjacent to an activating group) is 2. The third-order valence-corrected chi connectivity index (χ3v) is 5.02. The Balaban J connectivity index is 0.00000364. The molecule has 0 saturated carbocycles. The molecule has 2 heterocycles. The predicted molar refractivity (Wildman–Crippen MR) is 124 cm³/mol. The van der Waals surface area contributed by atoms with Crippen molar-refractivity contribution in [2.45, 2.75) is 39.3 Å². The highest BCUT2D eigenvalue weighted by Crippen LogP contribution is 2.18. The van der Waals surface area contributed by atoms with E-state index < -0.39 is 0 Å². The molecule has 27 heavy (non-hydrogen) atoms. The van der Waals surface area contributed by atoms with Crippen LogP contribution < -0.4 is 5.32 Å². The second-order valence-electron chi connectivity index (χ2n) is 7.82. The Morgan fingerprint density at radius 2 is 2.04 bits per heavy atom. The molecule has 1 atom stereocenters. The Morgan fingerprint density at radius 1 is 1.33 bits per heavy atom. The molecule has 1 fully saturated rings. The van der Waals surface area contributed by atoms with E-state index in [1.807, 2.05) is 11.7 Å². The summed E-state index contributed by atoms with van der Waals surface area (Å²) < 4.78 is 1.91. The molecule has 1 unspecified atom stereocenters. The zero-order chi connectivity index (χ0) is 19.3. The number of aliphatic imine (C=N–C) groups is 1. The summed E-state index contributed by atoms with van der Waals surface area (Å²) in [4.78, 5) is 12.0. The fraction of sp³-hybridized carbons (Fsp3) is 0.789. The highest BCUT2D eigenvalue weighted by molar-refractivity contribution is 14.0. The Morgan fingerprint density at radius 3 is 2.67 bits per heavy atom. The lowest BCUT2D eigenvalue weighted by atomic mass is 10.1. The van der Waals surface area contributed by atoms with Crippen LogP contribution in [0.4, 0.5) is 0 Å². The minimum Gasteiger partial charge on any atom is -0.357 e. The van der Waals surface area contributed by atoms with Gasteiger partial charge in [0.15, 0.2) is 5.96 Å². The Hall–Kier alpha value is -0.870. The van der Waals surface area contributed by atoms with Gasteiger partial charge in [0.25, 0.3) is 0 Å². The number of hydrogen-bond acceptors (Lipinski definition) is 4. The predicted octanol–water partition coefficient (Wildman–Crippen LogP) is 1.80. The number of aromatic nitrogens is 2. The van der Waals surface area contributed by atoms with E-state index in [1.165, 1.54) is 11.3 Å². The van der Waals surface area contributed by atoms with Gasteiger partial charge in [-0.15, -0.1) is 24.0 Å². The maximum absolute atomic E-state index is 4.94. The molecule has 0 aromatic carbocycles. The van der Waals surface area contributed by atoms with Crippen molar-refractivity contribution in [3.05, 3.63) is 17.5 Å². The molecule has 2 rings (SSSR count). The van der Waals surface area contributed by atoms with Gasteiger partial charge in [-0.1, -0.05) is 13.8 Å². The second-order valence-corrected chi connectivity index (χ2v) is 7.82. The summed E-state index contributed by atoms with van der Waals surface area (Å²) in [6.45, 7) is 12.3. The summed E-state index contributed by atoms with van der Waals surface area (Å²) in [5.74, 6) is 1.39. The third kappa shape index (κ3) is 6.90. The van der Waals surface area contributed by atoms with Gasteiger partial charge < -0.3 is 15.1 Å². The summed E-state index contributed by atoms with van der Waals surface area (Å²) in [6.07, 6.45) is 2.12. The lowest BCUT2D eigenvalue weighted by Gasteiger charge is -2.37. The van der Waals surface area contributed by atoms with Crippen molar-refractivity contribution in [2.24, 2.45) is 12.0 Å². The molecule has 156 valence electrons. The first-order valence-corrected chi connectivity index (χ1v) is 9.72. The normalized spacial score (nSPS) is 19.3. The minimum atomic E-state index is 0. The Bertz CT molecular complexity index is 599. The van der Waals surface area contributed by atoms with Crippen LogP contribution in [0, 0.1) is 0 Å². The van der Waals surface area contributed by atoms with E-state index in [2.05, 4.69) is 73.2 Å². The van der Waals surface area contributed by atoms with Crippen molar-refractivity contribution in [3.8, 4) is 0 Å². The number of rotatable bonds is 6. The monoisotopic (exact) mass is 491 g/mol. The zero-order valence-corrected chi connectivity index (χ0v) is 20.4. The van der Waals surface area contributed by atoms with Crippen molar-refractivity contribution in [2.75, 3.05) is 53.9 Å². The quantitative estimate of drug-likeness (QED) is 0.374. The molecule has 8 heteroatoms. The SMILES string of the molecule is CCNC(=NCC1CN(C)CCN1C)N(C)Cc1cn(C)nc1C(C)C.I. The fourth-order valence-electron chi connectivity index (χ4n) is 3.45. The highest BCUT2D eigenvalue weighted by atomic mass is 127. The van der Waals surface area contributed by atoms with Gasteiger partial charge in [0.1, 0.15) is 0 Å². The molecule has 0 bridgehead atoms. The van der Waals surface area contributed by atoms with Crippen LogP contribution in [0.5, 0.6) is 0 Å². The number of piperazine rings is 1. The average Bonchev–Trinajstić information content (AvgIpc) is 2.94. The minimum absolute atomic E-state index is 0. The first-order chi connectivity index (χ1) is 12.3. The second kappa shape index (κ2) is 11.2. The van der Waals surface area contributed by atoms with Crippen molar-refractivity contribution >= 4 is 29.9 Å². The number of aryl methyl sites for hydroxylation is 1. The molecule has 1 aliphatic rings. The number of nitrogens with one attached hydrogen (secondary N) is 1. The van der Waals surface area contributed by atoms with Crippen LogP contribution in [0.1, 0.15) is 37.9 Å². The Kier molecular flexibility index (Phi) is 10.0. The maximum Gasteiger partial charge on any atom is 0.194 e. The van der Waals surface area contributed by atoms with Gasteiger partial charge in [-0.3, -0.25) is 14.6 Å². The van der Waals surface area contributed by atoms with Gasteiger partial charge in [0.2, 0.25) is 0 Å². The standard InChI is InChI=1S/C19H37N7.HI/c1-8-20-19(21-11-17-14-23(4)9-10-24(17)5)25(6)12-16-13-26(7)22-18(16)15(2)3;/h13,15,17H,8-12,14H2,1-7H3,(H,20,21);1H. The van der Waals surface area contributed by atoms with Crippen molar-refractivity contribution in [3.63, 3.8) is 0 Å². The lowest BCUT2D eigenvalue weighted by Crippen LogP contribution is -2.51. The highest BCUT2D eigenvalue weighted by Gasteiger charge is 2.22. The van der Waals surface area contributed by atoms with Crippen LogP contribution in [-0.2, 0) is 13.6 Å². The van der Waals surface area contributed by atoms with Gasteiger partial charge in [-0.2, -0.15) is 5.10 Å². The van der Waals surface area contributed by atoms with Crippen molar-refractivity contribution in [1.29, 1.82) is 0 Å². The van der Waals surface area contributed by atoms with Gasteiger partial charge in [0, 0.05) is 64.6 Å². The molecule has 0 aliphatic carbocycles. The summed E-state index contributed by atoms with van der Waals surface area (Å²) in [7, 11) is 8.49. The van der Waals surface area contributed by atoms with E-state index in [1.54, 1.807) is 0 Å². The van der Waals surface area contributed by atoms with Gasteiger partial charge in [-0.05, 0) is 26.9 Å². The molecule has 1 N–H and O–H groups in total. The van der Waals surface area contributed by atoms with Crippen LogP contribution in [0.2, 0.25) is 0 Å². The number of halogens is 1. The molecule has 1 saturated heterocycles. The third-order valence-electron chi connectivity index (χ3n) is 5.02. The molecule has 0 spiro atoms. The molecular formula is C19H38IN7. The van der Waals surface area contributed by atoms with E-state index in [0.29, 0.717) is 12.0 Å². The summed E-state index contributed by atoms with van der Waals surface area (Å²) >= 11 is 0. The van der Waals surface area contributed by atoms with Crippen molar-refractivity contribution < 1.29 is 0 Å². The van der Waals surface area contributed by atoms with Gasteiger partial charge in [-0.25, -0.2) is 0 Å². The van der Waals surface area contributed by atoms with E-state index >= 15 is 0 Å². The Labute approximate surface area is 182 Å². The van der Waals surface area contributed by atoms with Gasteiger partial charge >= 0.3 is 0 Å². The molecule has 0 amide bonds. The van der Waals surface area contributed by atoms with Crippen molar-refractivity contribution in [1.82, 2.24) is 29.8 Å². The van der Waals surface area contributed by atoms with Gasteiger partial charge in [0.05, 0.1) is 12.2 Å². The number of guanidine groups is 1. The van der Waals surface area contributed by atoms with Crippen LogP contribution in [0.3, 0.4) is 0 Å². The number of nitrogens with zero attached hydrogens (tertiary/aromatic N) is 6. The summed E-state index contributed by atoms with van der Waals surface area (Å²) in [5, 5.41) is 8.06. The summed E-state index contributed by atoms with van der Waals surface area (Å²) in [6, 6.07) is 0.473. The van der Waals surface area contributed by atoms with E-state index in [0.717, 1.165) is 45.2 Å². The van der Waals surface area contributed by atoms with E-state index in [9.17, 15) is 0 Å². The summed E-state index contributed by atoms with van der Waals surface area (Å²) in [5.41, 5.74) is 2.44. The van der Waals surface area contributed by atoms with E-state index in [-0.39, 0.29) is 24.0 Å².